The highest BCUT2D eigenvalue weighted by Crippen LogP contribution is 2.46. The lowest BCUT2D eigenvalue weighted by Crippen LogP contribution is -2.28. The number of piperidine rings is 2. The van der Waals surface area contributed by atoms with E-state index < -0.39 is 0 Å². The number of aromatic nitrogens is 5. The van der Waals surface area contributed by atoms with Gasteiger partial charge >= 0.3 is 0 Å². The van der Waals surface area contributed by atoms with Crippen LogP contribution in [0, 0.1) is 19.8 Å². The van der Waals surface area contributed by atoms with E-state index in [0.717, 1.165) is 124 Å². The lowest BCUT2D eigenvalue weighted by atomic mass is 9.81. The SMILES string of the molecule is Cc1nccn1CCCC1=CC2=CC=C[N-]C2=C(C2CCNCC2)c2ccc(Cl)cc21.Cc1nccn1CCCc1cc2cccnc2c(C2CCNCC2)c2ccc(Cl)c[c+]12. The Labute approximate surface area is 375 Å². The van der Waals surface area contributed by atoms with Gasteiger partial charge in [0.15, 0.2) is 0 Å². The summed E-state index contributed by atoms with van der Waals surface area (Å²) < 4.78 is 4.44. The largest absolute Gasteiger partial charge is 0.663 e. The van der Waals surface area contributed by atoms with Crippen molar-refractivity contribution in [2.75, 3.05) is 26.2 Å². The Kier molecular flexibility index (Phi) is 13.3. The highest BCUT2D eigenvalue weighted by Gasteiger charge is 2.27. The minimum atomic E-state index is 0.510. The molecule has 0 atom stereocenters. The third kappa shape index (κ3) is 9.30. The molecule has 2 N–H and O–H groups in total. The van der Waals surface area contributed by atoms with Gasteiger partial charge in [-0.15, -0.1) is 5.70 Å². The summed E-state index contributed by atoms with van der Waals surface area (Å²) in [5.74, 6) is 3.15. The molecule has 0 saturated carbocycles. The number of nitrogens with one attached hydrogen (secondary N) is 2. The van der Waals surface area contributed by atoms with Crippen molar-refractivity contribution >= 4 is 56.0 Å². The summed E-state index contributed by atoms with van der Waals surface area (Å²) in [5, 5.41) is 17.3. The number of benzene rings is 2. The summed E-state index contributed by atoms with van der Waals surface area (Å²) in [6, 6.07) is 19.4. The quantitative estimate of drug-likeness (QED) is 0.134. The number of hydrogen-bond donors (Lipinski definition) is 2. The molecule has 10 heteroatoms. The van der Waals surface area contributed by atoms with E-state index >= 15 is 0 Å². The van der Waals surface area contributed by atoms with Crippen LogP contribution < -0.4 is 10.6 Å². The zero-order valence-electron chi connectivity index (χ0n) is 35.9. The summed E-state index contributed by atoms with van der Waals surface area (Å²) in [6.45, 7) is 10.3. The maximum atomic E-state index is 6.50. The first kappa shape index (κ1) is 42.2. The van der Waals surface area contributed by atoms with E-state index in [9.17, 15) is 0 Å². The van der Waals surface area contributed by atoms with Crippen LogP contribution in [0.3, 0.4) is 0 Å². The summed E-state index contributed by atoms with van der Waals surface area (Å²) >= 11 is 13.0. The predicted molar refractivity (Wildman–Crippen MR) is 258 cm³/mol. The second-order valence-corrected chi connectivity index (χ2v) is 17.9. The zero-order valence-corrected chi connectivity index (χ0v) is 37.4. The van der Waals surface area contributed by atoms with Crippen LogP contribution in [0.25, 0.3) is 38.1 Å². The minimum absolute atomic E-state index is 0.510. The van der Waals surface area contributed by atoms with Gasteiger partial charge in [-0.25, -0.2) is 15.0 Å². The highest BCUT2D eigenvalue weighted by molar-refractivity contribution is 6.31. The van der Waals surface area contributed by atoms with Crippen LogP contribution in [0.4, 0.5) is 0 Å². The predicted octanol–water partition coefficient (Wildman–Crippen LogP) is 12.2. The Hall–Kier alpha value is -5.12. The van der Waals surface area contributed by atoms with E-state index in [2.05, 4.69) is 105 Å². The fourth-order valence-corrected chi connectivity index (χ4v) is 10.3. The lowest BCUT2D eigenvalue weighted by Gasteiger charge is -2.35. The molecule has 0 spiro atoms. The highest BCUT2D eigenvalue weighted by atomic mass is 35.5. The van der Waals surface area contributed by atoms with Crippen molar-refractivity contribution in [3.8, 4) is 0 Å². The molecule has 6 heterocycles. The summed E-state index contributed by atoms with van der Waals surface area (Å²) in [7, 11) is 0. The van der Waals surface area contributed by atoms with Gasteiger partial charge in [0.1, 0.15) is 22.2 Å². The Morgan fingerprint density at radius 2 is 1.45 bits per heavy atom. The molecule has 0 unspecified atom stereocenters. The van der Waals surface area contributed by atoms with E-state index in [1.165, 1.54) is 55.1 Å². The number of rotatable bonds is 10. The van der Waals surface area contributed by atoms with Crippen LogP contribution in [0.2, 0.25) is 10.0 Å². The topological polar surface area (TPSA) is 86.7 Å². The van der Waals surface area contributed by atoms with E-state index in [0.29, 0.717) is 11.8 Å². The number of halogens is 2. The van der Waals surface area contributed by atoms with Gasteiger partial charge in [0, 0.05) is 90.2 Å². The number of allylic oxidation sites excluding steroid dienone is 5. The third-order valence-electron chi connectivity index (χ3n) is 13.1. The van der Waals surface area contributed by atoms with Crippen LogP contribution in [0.5, 0.6) is 0 Å². The van der Waals surface area contributed by atoms with Crippen LogP contribution in [0.1, 0.15) is 84.8 Å². The van der Waals surface area contributed by atoms with Gasteiger partial charge in [-0.2, -0.15) is 6.20 Å². The first-order chi connectivity index (χ1) is 30.4. The van der Waals surface area contributed by atoms with Crippen molar-refractivity contribution in [1.82, 2.24) is 34.7 Å². The molecular weight excluding hydrogens is 808 g/mol. The van der Waals surface area contributed by atoms with Gasteiger partial charge in [0.2, 0.25) is 0 Å². The number of aryl methyl sites for hydroxylation is 5. The maximum Gasteiger partial charge on any atom is 0.115 e. The molecular formula is C52H56Cl2N8. The Morgan fingerprint density at radius 1 is 0.758 bits per heavy atom. The number of hydrogen-bond acceptors (Lipinski definition) is 5. The van der Waals surface area contributed by atoms with Crippen molar-refractivity contribution < 1.29 is 0 Å². The monoisotopic (exact) mass is 862 g/mol. The number of imidazole rings is 2. The maximum absolute atomic E-state index is 6.50. The molecule has 3 aliphatic heterocycles. The fraction of sp³-hybridized carbons (Fsp3) is 0.346. The molecule has 6 aromatic rings. The average Bonchev–Trinajstić information content (AvgIpc) is 3.84. The van der Waals surface area contributed by atoms with E-state index in [1.54, 1.807) is 0 Å². The lowest BCUT2D eigenvalue weighted by molar-refractivity contribution is 0.446. The zero-order chi connectivity index (χ0) is 42.4. The summed E-state index contributed by atoms with van der Waals surface area (Å²) in [5.41, 5.74) is 11.5. The molecule has 8 nitrogen and oxygen atoms in total. The van der Waals surface area contributed by atoms with E-state index in [1.807, 2.05) is 49.1 Å². The van der Waals surface area contributed by atoms with Gasteiger partial charge in [-0.1, -0.05) is 41.5 Å². The van der Waals surface area contributed by atoms with Gasteiger partial charge in [0.25, 0.3) is 0 Å². The molecule has 3 aromatic heterocycles. The molecule has 318 valence electrons. The second kappa shape index (κ2) is 19.5. The molecule has 2 fully saturated rings. The van der Waals surface area contributed by atoms with Crippen molar-refractivity contribution in [2.24, 2.45) is 5.92 Å². The van der Waals surface area contributed by atoms with Gasteiger partial charge in [-0.05, 0) is 155 Å². The van der Waals surface area contributed by atoms with E-state index in [4.69, 9.17) is 33.5 Å². The molecule has 0 amide bonds. The number of nitrogens with zero attached hydrogens (tertiary/aromatic N) is 6. The minimum Gasteiger partial charge on any atom is -0.663 e. The van der Waals surface area contributed by atoms with Gasteiger partial charge in [-0.3, -0.25) is 0 Å². The molecule has 0 radical (unpaired) electrons. The van der Waals surface area contributed by atoms with Crippen molar-refractivity contribution in [3.63, 3.8) is 0 Å². The van der Waals surface area contributed by atoms with Gasteiger partial charge in [0.05, 0.1) is 16.3 Å². The van der Waals surface area contributed by atoms with Crippen LogP contribution in [0.15, 0.2) is 121 Å². The molecule has 1 aliphatic carbocycles. The van der Waals surface area contributed by atoms with Crippen LogP contribution in [-0.2, 0) is 19.5 Å². The fourth-order valence-electron chi connectivity index (χ4n) is 9.96. The first-order valence-electron chi connectivity index (χ1n) is 22.4. The number of fused-ring (bicyclic) bond motifs is 4. The standard InChI is InChI=1S/2C26H28ClN4/c2*1-18-29-13-15-31(18)14-3-5-20-16-21-4-2-10-30-26(21)25(19-8-11-28-12-9-19)23-7-6-22(27)17-24(20)23/h2*2,4,6-7,10,13,15-17,19,28H,3,5,8-9,11-12,14H2,1H3/q-1;+1. The van der Waals surface area contributed by atoms with E-state index in [-0.39, 0.29) is 0 Å². The number of pyridine rings is 1. The first-order valence-corrected chi connectivity index (χ1v) is 23.2. The second-order valence-electron chi connectivity index (χ2n) is 17.0. The van der Waals surface area contributed by atoms with Crippen LogP contribution in [-0.4, -0.2) is 50.3 Å². The molecule has 62 heavy (non-hydrogen) atoms. The normalized spacial score (nSPS) is 16.8. The Balaban J connectivity index is 0.000000158. The molecule has 2 saturated heterocycles. The summed E-state index contributed by atoms with van der Waals surface area (Å²) in [4.78, 5) is 13.6. The van der Waals surface area contributed by atoms with Crippen LogP contribution >= 0.6 is 23.2 Å². The third-order valence-corrected chi connectivity index (χ3v) is 13.6. The van der Waals surface area contributed by atoms with Crippen molar-refractivity contribution in [1.29, 1.82) is 0 Å². The van der Waals surface area contributed by atoms with Gasteiger partial charge < -0.3 is 25.1 Å². The summed E-state index contributed by atoms with van der Waals surface area (Å²) in [6.07, 6.45) is 26.9. The average molecular weight is 864 g/mol. The van der Waals surface area contributed by atoms with Crippen molar-refractivity contribution in [2.45, 2.75) is 84.2 Å². The Bertz CT molecular complexity index is 2700. The molecule has 0 bridgehead atoms. The molecule has 4 aliphatic rings. The van der Waals surface area contributed by atoms with Crippen molar-refractivity contribution in [3.05, 3.63) is 171 Å². The Morgan fingerprint density at radius 3 is 2.16 bits per heavy atom. The smallest absolute Gasteiger partial charge is 0.115 e. The molecule has 10 rings (SSSR count). The molecule has 3 aromatic carbocycles.